The SMILES string of the molecule is CCN(CC)C(=O)C1CC(c2ccccc2C)CCN1. The first-order valence-corrected chi connectivity index (χ1v) is 7.75. The Hall–Kier alpha value is -1.35. The highest BCUT2D eigenvalue weighted by molar-refractivity contribution is 5.82. The number of carbonyl (C=O) groups excluding carboxylic acids is 1. The average molecular weight is 274 g/mol. The van der Waals surface area contributed by atoms with Crippen molar-refractivity contribution in [1.29, 1.82) is 0 Å². The number of rotatable bonds is 4. The van der Waals surface area contributed by atoms with Crippen molar-refractivity contribution < 1.29 is 4.79 Å². The molecule has 0 saturated carbocycles. The molecule has 3 nitrogen and oxygen atoms in total. The molecule has 1 aromatic carbocycles. The molecule has 1 heterocycles. The van der Waals surface area contributed by atoms with Gasteiger partial charge in [0, 0.05) is 13.1 Å². The number of hydrogen-bond acceptors (Lipinski definition) is 2. The van der Waals surface area contributed by atoms with Gasteiger partial charge in [-0.3, -0.25) is 4.79 Å². The van der Waals surface area contributed by atoms with E-state index >= 15 is 0 Å². The van der Waals surface area contributed by atoms with Gasteiger partial charge in [-0.05, 0) is 57.2 Å². The fourth-order valence-corrected chi connectivity index (χ4v) is 3.19. The number of nitrogens with zero attached hydrogens (tertiary/aromatic N) is 1. The van der Waals surface area contributed by atoms with Gasteiger partial charge in [-0.1, -0.05) is 24.3 Å². The predicted molar refractivity (Wildman–Crippen MR) is 82.9 cm³/mol. The minimum Gasteiger partial charge on any atom is -0.342 e. The number of carbonyl (C=O) groups is 1. The summed E-state index contributed by atoms with van der Waals surface area (Å²) in [5, 5.41) is 3.40. The summed E-state index contributed by atoms with van der Waals surface area (Å²) in [6.45, 7) is 8.77. The molecular weight excluding hydrogens is 248 g/mol. The molecule has 0 aliphatic carbocycles. The van der Waals surface area contributed by atoms with Crippen molar-refractivity contribution in [3.8, 4) is 0 Å². The maximum Gasteiger partial charge on any atom is 0.239 e. The second kappa shape index (κ2) is 6.89. The lowest BCUT2D eigenvalue weighted by molar-refractivity contribution is -0.133. The van der Waals surface area contributed by atoms with Crippen LogP contribution in [-0.2, 0) is 4.79 Å². The second-order valence-electron chi connectivity index (χ2n) is 5.60. The number of likely N-dealkylation sites (N-methyl/N-ethyl adjacent to an activating group) is 1. The van der Waals surface area contributed by atoms with Crippen LogP contribution in [-0.4, -0.2) is 36.5 Å². The summed E-state index contributed by atoms with van der Waals surface area (Å²) in [7, 11) is 0. The molecule has 2 unspecified atom stereocenters. The standard InChI is InChI=1S/C17H26N2O/c1-4-19(5-2)17(20)16-12-14(10-11-18-16)15-9-7-6-8-13(15)3/h6-9,14,16,18H,4-5,10-12H2,1-3H3. The molecule has 1 aliphatic heterocycles. The number of benzene rings is 1. The minimum atomic E-state index is -0.0201. The van der Waals surface area contributed by atoms with Crippen LogP contribution >= 0.6 is 0 Å². The topological polar surface area (TPSA) is 32.3 Å². The smallest absolute Gasteiger partial charge is 0.239 e. The molecule has 1 aromatic rings. The Morgan fingerprint density at radius 1 is 1.30 bits per heavy atom. The summed E-state index contributed by atoms with van der Waals surface area (Å²) in [4.78, 5) is 14.4. The molecule has 1 fully saturated rings. The lowest BCUT2D eigenvalue weighted by Crippen LogP contribution is -2.49. The first-order valence-electron chi connectivity index (χ1n) is 7.75. The van der Waals surface area contributed by atoms with E-state index in [9.17, 15) is 4.79 Å². The highest BCUT2D eigenvalue weighted by atomic mass is 16.2. The Labute approximate surface area is 122 Å². The molecule has 1 saturated heterocycles. The molecule has 0 radical (unpaired) electrons. The van der Waals surface area contributed by atoms with Crippen LogP contribution in [0, 0.1) is 6.92 Å². The van der Waals surface area contributed by atoms with Crippen LogP contribution in [0.3, 0.4) is 0 Å². The Bertz CT molecular complexity index is 454. The molecule has 2 atom stereocenters. The lowest BCUT2D eigenvalue weighted by atomic mass is 9.84. The highest BCUT2D eigenvalue weighted by Crippen LogP contribution is 2.30. The molecule has 0 aromatic heterocycles. The van der Waals surface area contributed by atoms with Crippen molar-refractivity contribution >= 4 is 5.91 Å². The van der Waals surface area contributed by atoms with Crippen molar-refractivity contribution in [2.45, 2.75) is 45.6 Å². The Morgan fingerprint density at radius 3 is 2.65 bits per heavy atom. The van der Waals surface area contributed by atoms with Gasteiger partial charge in [0.05, 0.1) is 6.04 Å². The van der Waals surface area contributed by atoms with Gasteiger partial charge < -0.3 is 10.2 Å². The normalized spacial score (nSPS) is 22.6. The first-order chi connectivity index (χ1) is 9.67. The average Bonchev–Trinajstić information content (AvgIpc) is 2.49. The van der Waals surface area contributed by atoms with Crippen molar-refractivity contribution in [3.05, 3.63) is 35.4 Å². The van der Waals surface area contributed by atoms with E-state index in [2.05, 4.69) is 36.5 Å². The minimum absolute atomic E-state index is 0.0201. The maximum atomic E-state index is 12.5. The summed E-state index contributed by atoms with van der Waals surface area (Å²) in [6.07, 6.45) is 2.03. The van der Waals surface area contributed by atoms with Gasteiger partial charge in [-0.2, -0.15) is 0 Å². The van der Waals surface area contributed by atoms with Crippen molar-refractivity contribution in [3.63, 3.8) is 0 Å². The zero-order valence-corrected chi connectivity index (χ0v) is 12.9. The molecule has 3 heteroatoms. The number of hydrogen-bond donors (Lipinski definition) is 1. The molecule has 0 spiro atoms. The lowest BCUT2D eigenvalue weighted by Gasteiger charge is -2.33. The van der Waals surface area contributed by atoms with E-state index in [0.717, 1.165) is 32.5 Å². The number of aryl methyl sites for hydroxylation is 1. The second-order valence-corrected chi connectivity index (χ2v) is 5.60. The van der Waals surface area contributed by atoms with E-state index in [-0.39, 0.29) is 11.9 Å². The van der Waals surface area contributed by atoms with Crippen molar-refractivity contribution in [1.82, 2.24) is 10.2 Å². The van der Waals surface area contributed by atoms with E-state index in [1.165, 1.54) is 11.1 Å². The van der Waals surface area contributed by atoms with Crippen molar-refractivity contribution in [2.24, 2.45) is 0 Å². The third-order valence-corrected chi connectivity index (χ3v) is 4.41. The number of amides is 1. The molecule has 1 N–H and O–H groups in total. The van der Waals surface area contributed by atoms with Gasteiger partial charge in [0.25, 0.3) is 0 Å². The molecule has 1 amide bonds. The highest BCUT2D eigenvalue weighted by Gasteiger charge is 2.30. The predicted octanol–water partition coefficient (Wildman–Crippen LogP) is 2.70. The van der Waals surface area contributed by atoms with Crippen LogP contribution in [0.1, 0.15) is 43.7 Å². The zero-order chi connectivity index (χ0) is 14.5. The Morgan fingerprint density at radius 2 is 2.00 bits per heavy atom. The fourth-order valence-electron chi connectivity index (χ4n) is 3.19. The largest absolute Gasteiger partial charge is 0.342 e. The number of piperidine rings is 1. The van der Waals surface area contributed by atoms with Crippen LogP contribution in [0.5, 0.6) is 0 Å². The summed E-state index contributed by atoms with van der Waals surface area (Å²) < 4.78 is 0. The first kappa shape index (κ1) is 15.0. The molecule has 0 bridgehead atoms. The number of nitrogens with one attached hydrogen (secondary N) is 1. The summed E-state index contributed by atoms with van der Waals surface area (Å²) in [5.74, 6) is 0.759. The quantitative estimate of drug-likeness (QED) is 0.915. The molecular formula is C17H26N2O. The van der Waals surface area contributed by atoms with E-state index in [4.69, 9.17) is 0 Å². The molecule has 2 rings (SSSR count). The third kappa shape index (κ3) is 3.21. The van der Waals surface area contributed by atoms with Crippen LogP contribution < -0.4 is 5.32 Å². The molecule has 1 aliphatic rings. The fraction of sp³-hybridized carbons (Fsp3) is 0.588. The maximum absolute atomic E-state index is 12.5. The van der Waals surface area contributed by atoms with E-state index < -0.39 is 0 Å². The summed E-state index contributed by atoms with van der Waals surface area (Å²) in [6, 6.07) is 8.54. The van der Waals surface area contributed by atoms with E-state index in [1.54, 1.807) is 0 Å². The van der Waals surface area contributed by atoms with Crippen LogP contribution in [0.2, 0.25) is 0 Å². The van der Waals surface area contributed by atoms with Crippen molar-refractivity contribution in [2.75, 3.05) is 19.6 Å². The van der Waals surface area contributed by atoms with E-state index in [1.807, 2.05) is 18.7 Å². The van der Waals surface area contributed by atoms with Gasteiger partial charge in [0.15, 0.2) is 0 Å². The monoisotopic (exact) mass is 274 g/mol. The van der Waals surface area contributed by atoms with Crippen LogP contribution in [0.4, 0.5) is 0 Å². The third-order valence-electron chi connectivity index (χ3n) is 4.41. The summed E-state index contributed by atoms with van der Waals surface area (Å²) >= 11 is 0. The molecule has 20 heavy (non-hydrogen) atoms. The van der Waals surface area contributed by atoms with Crippen LogP contribution in [0.25, 0.3) is 0 Å². The Balaban J connectivity index is 2.09. The Kier molecular flexibility index (Phi) is 5.18. The van der Waals surface area contributed by atoms with Crippen LogP contribution in [0.15, 0.2) is 24.3 Å². The van der Waals surface area contributed by atoms with Gasteiger partial charge in [-0.25, -0.2) is 0 Å². The van der Waals surface area contributed by atoms with Gasteiger partial charge >= 0.3 is 0 Å². The van der Waals surface area contributed by atoms with Gasteiger partial charge in [0.1, 0.15) is 0 Å². The van der Waals surface area contributed by atoms with E-state index in [0.29, 0.717) is 5.92 Å². The zero-order valence-electron chi connectivity index (χ0n) is 12.9. The van der Waals surface area contributed by atoms with Gasteiger partial charge in [0.2, 0.25) is 5.91 Å². The summed E-state index contributed by atoms with van der Waals surface area (Å²) in [5.41, 5.74) is 2.75. The van der Waals surface area contributed by atoms with Gasteiger partial charge in [-0.15, -0.1) is 0 Å². The molecule has 110 valence electrons.